The number of hydrogen-bond donors (Lipinski definition) is 1. The molecule has 0 unspecified atom stereocenters. The van der Waals surface area contributed by atoms with Gasteiger partial charge in [0.05, 0.1) is 41.0 Å². The minimum atomic E-state index is -0.386. The number of amides is 2. The highest BCUT2D eigenvalue weighted by Gasteiger charge is 2.26. The molecule has 0 radical (unpaired) electrons. The van der Waals surface area contributed by atoms with Crippen LogP contribution in [0.15, 0.2) is 23.2 Å². The van der Waals surface area contributed by atoms with Crippen LogP contribution in [0.4, 0.5) is 5.00 Å². The van der Waals surface area contributed by atoms with Crippen LogP contribution in [0.2, 0.25) is 0 Å². The van der Waals surface area contributed by atoms with Gasteiger partial charge in [0.1, 0.15) is 10.8 Å². The second kappa shape index (κ2) is 12.1. The Kier molecular flexibility index (Phi) is 8.86. The van der Waals surface area contributed by atoms with Crippen LogP contribution in [0.25, 0.3) is 10.2 Å². The van der Waals surface area contributed by atoms with Crippen molar-refractivity contribution < 1.29 is 23.9 Å². The van der Waals surface area contributed by atoms with Crippen LogP contribution >= 0.6 is 34.4 Å². The van der Waals surface area contributed by atoms with Gasteiger partial charge in [0.15, 0.2) is 4.80 Å². The third-order valence-electron chi connectivity index (χ3n) is 5.85. The molecule has 36 heavy (non-hydrogen) atoms. The molecule has 2 amide bonds. The molecule has 0 bridgehead atoms. The predicted octanol–water partition coefficient (Wildman–Crippen LogP) is 4.55. The molecule has 0 atom stereocenters. The second-order valence-corrected chi connectivity index (χ2v) is 11.4. The van der Waals surface area contributed by atoms with E-state index in [9.17, 15) is 14.4 Å². The van der Waals surface area contributed by atoms with Gasteiger partial charge in [-0.2, -0.15) is 4.99 Å². The number of anilines is 1. The van der Waals surface area contributed by atoms with Crippen molar-refractivity contribution >= 4 is 67.4 Å². The molecular weight excluding hydrogens is 518 g/mol. The van der Waals surface area contributed by atoms with Crippen molar-refractivity contribution in [3.05, 3.63) is 39.0 Å². The van der Waals surface area contributed by atoms with Crippen LogP contribution < -0.4 is 14.9 Å². The molecule has 1 aliphatic rings. The molecule has 1 N–H and O–H groups in total. The number of thioether (sulfide) groups is 1. The summed E-state index contributed by atoms with van der Waals surface area (Å²) in [6.45, 7) is 2.05. The maximum Gasteiger partial charge on any atom is 0.341 e. The highest BCUT2D eigenvalue weighted by Crippen LogP contribution is 2.38. The maximum absolute atomic E-state index is 12.7. The first-order valence-electron chi connectivity index (χ1n) is 11.8. The minimum absolute atomic E-state index is 0.0800. The number of aryl methyl sites for hydroxylation is 2. The maximum atomic E-state index is 12.7. The molecule has 1 aromatic carbocycles. The van der Waals surface area contributed by atoms with Crippen molar-refractivity contribution in [2.24, 2.45) is 12.0 Å². The molecular formula is C25H29N3O5S3. The summed E-state index contributed by atoms with van der Waals surface area (Å²) < 4.78 is 13.4. The average molecular weight is 548 g/mol. The fourth-order valence-corrected chi connectivity index (χ4v) is 7.09. The van der Waals surface area contributed by atoms with E-state index in [1.165, 1.54) is 34.4 Å². The summed E-state index contributed by atoms with van der Waals surface area (Å²) in [5.74, 6) is -0.0376. The Bertz CT molecular complexity index is 1350. The third-order valence-corrected chi connectivity index (χ3v) is 9.07. The van der Waals surface area contributed by atoms with Crippen LogP contribution in [0, 0.1) is 0 Å². The molecule has 0 spiro atoms. The van der Waals surface area contributed by atoms with E-state index < -0.39 is 0 Å². The lowest BCUT2D eigenvalue weighted by molar-refractivity contribution is -0.115. The van der Waals surface area contributed by atoms with Crippen LogP contribution in [0.5, 0.6) is 5.75 Å². The van der Waals surface area contributed by atoms with Gasteiger partial charge in [-0.05, 0) is 56.4 Å². The van der Waals surface area contributed by atoms with Gasteiger partial charge in [-0.3, -0.25) is 9.59 Å². The number of rotatable bonds is 8. The number of nitrogens with zero attached hydrogens (tertiary/aromatic N) is 2. The van der Waals surface area contributed by atoms with E-state index in [4.69, 9.17) is 9.47 Å². The number of nitrogens with one attached hydrogen (secondary N) is 1. The van der Waals surface area contributed by atoms with Crippen molar-refractivity contribution in [1.82, 2.24) is 4.57 Å². The highest BCUT2D eigenvalue weighted by molar-refractivity contribution is 8.00. The first kappa shape index (κ1) is 26.4. The van der Waals surface area contributed by atoms with Gasteiger partial charge in [0.25, 0.3) is 5.91 Å². The normalized spacial score (nSPS) is 13.8. The lowest BCUT2D eigenvalue weighted by Gasteiger charge is -2.08. The highest BCUT2D eigenvalue weighted by atomic mass is 32.2. The lowest BCUT2D eigenvalue weighted by Crippen LogP contribution is -2.18. The van der Waals surface area contributed by atoms with Gasteiger partial charge in [-0.25, -0.2) is 4.79 Å². The number of methoxy groups -OCH3 is 1. The number of aromatic nitrogens is 1. The summed E-state index contributed by atoms with van der Waals surface area (Å²) in [5.41, 5.74) is 2.48. The molecule has 0 saturated carbocycles. The second-order valence-electron chi connectivity index (χ2n) is 8.31. The Labute approximate surface area is 221 Å². The van der Waals surface area contributed by atoms with Crippen molar-refractivity contribution in [1.29, 1.82) is 0 Å². The summed E-state index contributed by atoms with van der Waals surface area (Å²) in [5, 5.41) is 3.44. The molecule has 192 valence electrons. The first-order chi connectivity index (χ1) is 17.4. The lowest BCUT2D eigenvalue weighted by atomic mass is 10.1. The van der Waals surface area contributed by atoms with Gasteiger partial charge >= 0.3 is 5.97 Å². The number of carbonyl (C=O) groups is 3. The zero-order valence-corrected chi connectivity index (χ0v) is 23.0. The molecule has 3 aromatic rings. The number of carbonyl (C=O) groups excluding carboxylic acids is 3. The van der Waals surface area contributed by atoms with Gasteiger partial charge < -0.3 is 19.4 Å². The standard InChI is InChI=1S/C25H29N3O5S3/c1-4-33-24(31)22-16-8-6-5-7-9-18(16)35-23(22)26-20(29)13-34-14-21(30)27-25-28(2)17-11-10-15(32-3)12-19(17)36-25/h10-12H,4-9,13-14H2,1-3H3,(H,26,29). The van der Waals surface area contributed by atoms with Crippen molar-refractivity contribution in [2.45, 2.75) is 39.0 Å². The summed E-state index contributed by atoms with van der Waals surface area (Å²) in [4.78, 5) is 43.8. The summed E-state index contributed by atoms with van der Waals surface area (Å²) in [6, 6.07) is 5.72. The molecule has 2 aromatic heterocycles. The zero-order valence-electron chi connectivity index (χ0n) is 20.5. The van der Waals surface area contributed by atoms with E-state index >= 15 is 0 Å². The fourth-order valence-electron chi connectivity index (χ4n) is 4.13. The SMILES string of the molecule is CCOC(=O)c1c(NC(=O)CSCC(=O)N=c2sc3cc(OC)ccc3n2C)sc2c1CCCCC2. The fraction of sp³-hybridized carbons (Fsp3) is 0.440. The number of thiazole rings is 1. The molecule has 2 heterocycles. The van der Waals surface area contributed by atoms with Crippen LogP contribution in [-0.2, 0) is 34.2 Å². The number of ether oxygens (including phenoxy) is 2. The number of benzene rings is 1. The summed E-state index contributed by atoms with van der Waals surface area (Å²) in [7, 11) is 3.48. The van der Waals surface area contributed by atoms with Gasteiger partial charge in [-0.15, -0.1) is 23.1 Å². The minimum Gasteiger partial charge on any atom is -0.497 e. The molecule has 8 nitrogen and oxygen atoms in total. The first-order valence-corrected chi connectivity index (χ1v) is 14.6. The van der Waals surface area contributed by atoms with E-state index in [0.717, 1.165) is 58.5 Å². The van der Waals surface area contributed by atoms with Crippen LogP contribution in [0.3, 0.4) is 0 Å². The quantitative estimate of drug-likeness (QED) is 0.328. The Morgan fingerprint density at radius 3 is 2.72 bits per heavy atom. The number of hydrogen-bond acceptors (Lipinski definition) is 8. The largest absolute Gasteiger partial charge is 0.497 e. The average Bonchev–Trinajstić information content (AvgIpc) is 3.24. The van der Waals surface area contributed by atoms with Gasteiger partial charge in [-0.1, -0.05) is 17.8 Å². The molecule has 0 saturated heterocycles. The smallest absolute Gasteiger partial charge is 0.341 e. The van der Waals surface area contributed by atoms with Crippen molar-refractivity contribution in [3.63, 3.8) is 0 Å². The molecule has 1 aliphatic carbocycles. The molecule has 11 heteroatoms. The Hall–Kier alpha value is -2.63. The summed E-state index contributed by atoms with van der Waals surface area (Å²) in [6.07, 6.45) is 4.97. The van der Waals surface area contributed by atoms with E-state index in [1.54, 1.807) is 14.0 Å². The predicted molar refractivity (Wildman–Crippen MR) is 145 cm³/mol. The van der Waals surface area contributed by atoms with E-state index in [0.29, 0.717) is 15.4 Å². The monoisotopic (exact) mass is 547 g/mol. The van der Waals surface area contributed by atoms with Gasteiger partial charge in [0.2, 0.25) is 5.91 Å². The number of thiophene rings is 1. The molecule has 0 aliphatic heterocycles. The third kappa shape index (κ3) is 6.01. The Balaban J connectivity index is 1.39. The van der Waals surface area contributed by atoms with E-state index in [-0.39, 0.29) is 35.9 Å². The van der Waals surface area contributed by atoms with Crippen LogP contribution in [0.1, 0.15) is 47.0 Å². The Morgan fingerprint density at radius 2 is 1.94 bits per heavy atom. The van der Waals surface area contributed by atoms with Gasteiger partial charge in [0, 0.05) is 11.9 Å². The topological polar surface area (TPSA) is 99.0 Å². The van der Waals surface area contributed by atoms with Crippen LogP contribution in [-0.4, -0.2) is 47.6 Å². The van der Waals surface area contributed by atoms with Crippen molar-refractivity contribution in [3.8, 4) is 5.75 Å². The molecule has 4 rings (SSSR count). The van der Waals surface area contributed by atoms with E-state index in [2.05, 4.69) is 10.3 Å². The van der Waals surface area contributed by atoms with Crippen molar-refractivity contribution in [2.75, 3.05) is 30.5 Å². The number of esters is 1. The number of fused-ring (bicyclic) bond motifs is 2. The zero-order chi connectivity index (χ0) is 25.7. The Morgan fingerprint density at radius 1 is 1.14 bits per heavy atom. The summed E-state index contributed by atoms with van der Waals surface area (Å²) >= 11 is 4.08. The molecule has 0 fully saturated rings. The van der Waals surface area contributed by atoms with E-state index in [1.807, 2.05) is 29.8 Å².